The number of rotatable bonds is 4. The number of aliphatic carboxylic acids is 1. The van der Waals surface area contributed by atoms with Gasteiger partial charge in [-0.15, -0.1) is 5.10 Å². The summed E-state index contributed by atoms with van der Waals surface area (Å²) in [7, 11) is 0. The predicted octanol–water partition coefficient (Wildman–Crippen LogP) is 4.43. The number of piperidine rings is 1. The molecule has 1 atom stereocenters. The number of likely N-dealkylation sites (tertiary alicyclic amines) is 1. The zero-order chi connectivity index (χ0) is 22.5. The number of hydrogen-bond acceptors (Lipinski definition) is 4. The normalized spacial score (nSPS) is 16.2. The van der Waals surface area contributed by atoms with Gasteiger partial charge in [0.2, 0.25) is 0 Å². The Labute approximate surface area is 186 Å². The summed E-state index contributed by atoms with van der Waals surface area (Å²) < 4.78 is 14.2. The van der Waals surface area contributed by atoms with E-state index < -0.39 is 12.0 Å². The fourth-order valence-electron chi connectivity index (χ4n) is 4.04. The number of carbonyl (C=O) groups is 1. The molecule has 0 aliphatic carbocycles. The topological polar surface area (TPSA) is 66.3 Å². The van der Waals surface area contributed by atoms with E-state index in [4.69, 9.17) is 0 Å². The van der Waals surface area contributed by atoms with E-state index in [0.717, 1.165) is 36.1 Å². The highest BCUT2D eigenvalue weighted by atomic mass is 19.1. The minimum Gasteiger partial charge on any atom is -0.480 e. The molecule has 1 unspecified atom stereocenters. The van der Waals surface area contributed by atoms with Crippen molar-refractivity contribution in [1.82, 2.24) is 15.1 Å². The molecular weight excluding hydrogens is 405 g/mol. The molecule has 5 nitrogen and oxygen atoms in total. The van der Waals surface area contributed by atoms with Gasteiger partial charge in [0.05, 0.1) is 5.69 Å². The van der Waals surface area contributed by atoms with Gasteiger partial charge in [0.15, 0.2) is 0 Å². The zero-order valence-electron chi connectivity index (χ0n) is 17.9. The lowest BCUT2D eigenvalue weighted by Gasteiger charge is -2.32. The smallest absolute Gasteiger partial charge is 0.320 e. The highest BCUT2D eigenvalue weighted by Crippen LogP contribution is 2.26. The quantitative estimate of drug-likeness (QED) is 0.622. The van der Waals surface area contributed by atoms with Crippen LogP contribution in [0.1, 0.15) is 41.8 Å². The Morgan fingerprint density at radius 1 is 1.12 bits per heavy atom. The highest BCUT2D eigenvalue weighted by Gasteiger charge is 2.28. The van der Waals surface area contributed by atoms with Crippen LogP contribution in [0.2, 0.25) is 0 Å². The van der Waals surface area contributed by atoms with E-state index in [-0.39, 0.29) is 5.82 Å². The molecule has 4 rings (SSSR count). The molecule has 0 amide bonds. The van der Waals surface area contributed by atoms with Gasteiger partial charge in [0.25, 0.3) is 0 Å². The van der Waals surface area contributed by atoms with Gasteiger partial charge in [-0.1, -0.05) is 42.7 Å². The largest absolute Gasteiger partial charge is 0.480 e. The maximum absolute atomic E-state index is 14.2. The van der Waals surface area contributed by atoms with E-state index in [1.165, 1.54) is 12.1 Å². The standard InChI is InChI=1S/C26H24FN3O2/c1-18-20(15-21(27)16-24(18)19-7-3-2-4-8-19)10-11-22-12-13-23(29-28-22)17-30-14-6-5-9-25(30)26(31)32/h2-4,7-8,12-13,15-16,25H,5-6,9,14,17H2,1H3,(H,31,32). The molecular formula is C26H24FN3O2. The molecule has 2 aromatic carbocycles. The van der Waals surface area contributed by atoms with Crippen molar-refractivity contribution in [3.8, 4) is 23.0 Å². The van der Waals surface area contributed by atoms with E-state index in [9.17, 15) is 14.3 Å². The minimum atomic E-state index is -0.791. The Balaban J connectivity index is 1.52. The summed E-state index contributed by atoms with van der Waals surface area (Å²) in [6.45, 7) is 3.11. The van der Waals surface area contributed by atoms with E-state index in [2.05, 4.69) is 22.0 Å². The van der Waals surface area contributed by atoms with E-state index in [1.54, 1.807) is 6.07 Å². The maximum Gasteiger partial charge on any atom is 0.320 e. The first-order valence-electron chi connectivity index (χ1n) is 10.7. The van der Waals surface area contributed by atoms with Gasteiger partial charge < -0.3 is 5.11 Å². The lowest BCUT2D eigenvalue weighted by atomic mass is 9.96. The van der Waals surface area contributed by atoms with E-state index in [1.807, 2.05) is 48.2 Å². The second-order valence-electron chi connectivity index (χ2n) is 7.97. The third kappa shape index (κ3) is 5.01. The van der Waals surface area contributed by atoms with Crippen LogP contribution in [-0.4, -0.2) is 38.8 Å². The second-order valence-corrected chi connectivity index (χ2v) is 7.97. The fourth-order valence-corrected chi connectivity index (χ4v) is 4.04. The molecule has 1 saturated heterocycles. The third-order valence-corrected chi connectivity index (χ3v) is 5.77. The molecule has 6 heteroatoms. The van der Waals surface area contributed by atoms with Crippen molar-refractivity contribution in [2.45, 2.75) is 38.8 Å². The van der Waals surface area contributed by atoms with Crippen LogP contribution in [0.15, 0.2) is 54.6 Å². The number of halogens is 1. The minimum absolute atomic E-state index is 0.338. The predicted molar refractivity (Wildman–Crippen MR) is 120 cm³/mol. The van der Waals surface area contributed by atoms with Crippen LogP contribution < -0.4 is 0 Å². The van der Waals surface area contributed by atoms with Gasteiger partial charge in [-0.2, -0.15) is 5.10 Å². The lowest BCUT2D eigenvalue weighted by molar-refractivity contribution is -0.144. The summed E-state index contributed by atoms with van der Waals surface area (Å²) in [5.41, 5.74) is 4.44. The molecule has 1 fully saturated rings. The van der Waals surface area contributed by atoms with Gasteiger partial charge in [0.1, 0.15) is 17.6 Å². The number of benzene rings is 2. The second kappa shape index (κ2) is 9.71. The first-order valence-corrected chi connectivity index (χ1v) is 10.7. The Bertz CT molecular complexity index is 1170. The molecule has 162 valence electrons. The monoisotopic (exact) mass is 429 g/mol. The van der Waals surface area contributed by atoms with Gasteiger partial charge in [-0.05, 0) is 73.2 Å². The zero-order valence-corrected chi connectivity index (χ0v) is 17.9. The van der Waals surface area contributed by atoms with Crippen LogP contribution in [0.3, 0.4) is 0 Å². The molecule has 32 heavy (non-hydrogen) atoms. The van der Waals surface area contributed by atoms with Crippen LogP contribution in [0.25, 0.3) is 11.1 Å². The average molecular weight is 429 g/mol. The van der Waals surface area contributed by atoms with Crippen molar-refractivity contribution < 1.29 is 14.3 Å². The van der Waals surface area contributed by atoms with Crippen LogP contribution in [0.4, 0.5) is 4.39 Å². The van der Waals surface area contributed by atoms with Crippen molar-refractivity contribution in [2.24, 2.45) is 0 Å². The average Bonchev–Trinajstić information content (AvgIpc) is 2.81. The highest BCUT2D eigenvalue weighted by molar-refractivity contribution is 5.73. The Morgan fingerprint density at radius 3 is 2.66 bits per heavy atom. The lowest BCUT2D eigenvalue weighted by Crippen LogP contribution is -2.44. The number of aromatic nitrogens is 2. The first-order chi connectivity index (χ1) is 15.5. The molecule has 1 aromatic heterocycles. The van der Waals surface area contributed by atoms with Gasteiger partial charge in [0, 0.05) is 12.1 Å². The van der Waals surface area contributed by atoms with Crippen molar-refractivity contribution in [3.05, 3.63) is 82.9 Å². The molecule has 2 heterocycles. The van der Waals surface area contributed by atoms with E-state index in [0.29, 0.717) is 29.9 Å². The molecule has 3 aromatic rings. The van der Waals surface area contributed by atoms with Gasteiger partial charge in [-0.3, -0.25) is 9.69 Å². The first kappa shape index (κ1) is 21.7. The summed E-state index contributed by atoms with van der Waals surface area (Å²) in [6.07, 6.45) is 2.57. The van der Waals surface area contributed by atoms with Crippen molar-refractivity contribution in [3.63, 3.8) is 0 Å². The molecule has 0 spiro atoms. The summed E-state index contributed by atoms with van der Waals surface area (Å²) in [4.78, 5) is 13.4. The van der Waals surface area contributed by atoms with Crippen molar-refractivity contribution in [2.75, 3.05) is 6.54 Å². The van der Waals surface area contributed by atoms with Crippen LogP contribution in [-0.2, 0) is 11.3 Å². The molecule has 1 aliphatic heterocycles. The third-order valence-electron chi connectivity index (χ3n) is 5.77. The summed E-state index contributed by atoms with van der Waals surface area (Å²) in [6, 6.07) is 15.7. The van der Waals surface area contributed by atoms with Gasteiger partial charge in [-0.25, -0.2) is 4.39 Å². The molecule has 1 N–H and O–H groups in total. The number of hydrogen-bond donors (Lipinski definition) is 1. The van der Waals surface area contributed by atoms with Crippen LogP contribution in [0, 0.1) is 24.6 Å². The SMILES string of the molecule is Cc1c(C#Cc2ccc(CN3CCCCC3C(=O)O)nn2)cc(F)cc1-c1ccccc1. The number of nitrogens with zero attached hydrogens (tertiary/aromatic N) is 3. The van der Waals surface area contributed by atoms with Crippen molar-refractivity contribution >= 4 is 5.97 Å². The molecule has 0 bridgehead atoms. The van der Waals surface area contributed by atoms with E-state index >= 15 is 0 Å². The summed E-state index contributed by atoms with van der Waals surface area (Å²) in [5, 5.41) is 17.8. The Kier molecular flexibility index (Phi) is 6.58. The summed E-state index contributed by atoms with van der Waals surface area (Å²) >= 11 is 0. The number of carboxylic acid groups (broad SMARTS) is 1. The molecule has 0 saturated carbocycles. The Hall–Kier alpha value is -3.56. The van der Waals surface area contributed by atoms with Crippen LogP contribution >= 0.6 is 0 Å². The van der Waals surface area contributed by atoms with Crippen LogP contribution in [0.5, 0.6) is 0 Å². The number of carboxylic acids is 1. The molecule has 0 radical (unpaired) electrons. The maximum atomic E-state index is 14.2. The fraction of sp³-hybridized carbons (Fsp3) is 0.269. The Morgan fingerprint density at radius 2 is 1.94 bits per heavy atom. The van der Waals surface area contributed by atoms with Gasteiger partial charge >= 0.3 is 5.97 Å². The summed E-state index contributed by atoms with van der Waals surface area (Å²) in [5.74, 6) is 4.86. The van der Waals surface area contributed by atoms with Crippen molar-refractivity contribution in [1.29, 1.82) is 0 Å². The molecule has 1 aliphatic rings.